The van der Waals surface area contributed by atoms with Crippen molar-refractivity contribution in [3.63, 3.8) is 0 Å². The summed E-state index contributed by atoms with van der Waals surface area (Å²) in [6.45, 7) is 10.7. The van der Waals surface area contributed by atoms with Crippen molar-refractivity contribution in [3.05, 3.63) is 60.2 Å². The van der Waals surface area contributed by atoms with Gasteiger partial charge in [0.2, 0.25) is 0 Å². The highest BCUT2D eigenvalue weighted by Gasteiger charge is 2.20. The third-order valence-electron chi connectivity index (χ3n) is 5.06. The first kappa shape index (κ1) is 20.1. The number of nitrogens with zero attached hydrogens (tertiary/aromatic N) is 2. The highest BCUT2D eigenvalue weighted by Crippen LogP contribution is 2.24. The molecule has 1 heterocycles. The van der Waals surface area contributed by atoms with E-state index in [1.807, 2.05) is 35.2 Å². The molecule has 28 heavy (non-hydrogen) atoms. The lowest BCUT2D eigenvalue weighted by Gasteiger charge is -2.36. The maximum Gasteiger partial charge on any atom is 0.317 e. The molecule has 0 radical (unpaired) electrons. The van der Waals surface area contributed by atoms with Gasteiger partial charge in [-0.05, 0) is 35.2 Å². The summed E-state index contributed by atoms with van der Waals surface area (Å²) in [6.07, 6.45) is 0. The van der Waals surface area contributed by atoms with E-state index in [0.29, 0.717) is 13.2 Å². The summed E-state index contributed by atoms with van der Waals surface area (Å²) in [7, 11) is 0. The Labute approximate surface area is 168 Å². The molecular weight excluding hydrogens is 350 g/mol. The van der Waals surface area contributed by atoms with Crippen LogP contribution in [0.1, 0.15) is 26.3 Å². The second-order valence-corrected chi connectivity index (χ2v) is 8.16. The summed E-state index contributed by atoms with van der Waals surface area (Å²) < 4.78 is 5.74. The molecular formula is C23H31N3O2. The number of carbonyl (C=O) groups is 1. The van der Waals surface area contributed by atoms with Crippen molar-refractivity contribution in [2.45, 2.75) is 26.2 Å². The summed E-state index contributed by atoms with van der Waals surface area (Å²) in [5.74, 6) is 0.832. The predicted molar refractivity (Wildman–Crippen MR) is 114 cm³/mol. The fraction of sp³-hybridized carbons (Fsp3) is 0.435. The molecule has 0 unspecified atom stereocenters. The molecule has 0 saturated carbocycles. The maximum absolute atomic E-state index is 12.3. The van der Waals surface area contributed by atoms with Gasteiger partial charge in [0.1, 0.15) is 12.4 Å². The van der Waals surface area contributed by atoms with E-state index >= 15 is 0 Å². The van der Waals surface area contributed by atoms with Gasteiger partial charge < -0.3 is 19.9 Å². The van der Waals surface area contributed by atoms with Crippen LogP contribution in [0.25, 0.3) is 0 Å². The van der Waals surface area contributed by atoms with Crippen LogP contribution < -0.4 is 15.0 Å². The number of anilines is 1. The molecule has 150 valence electrons. The van der Waals surface area contributed by atoms with Crippen molar-refractivity contribution in [2.24, 2.45) is 0 Å². The first-order chi connectivity index (χ1) is 13.4. The zero-order chi connectivity index (χ0) is 20.0. The zero-order valence-electron chi connectivity index (χ0n) is 17.1. The van der Waals surface area contributed by atoms with Crippen LogP contribution in [0.3, 0.4) is 0 Å². The second-order valence-electron chi connectivity index (χ2n) is 8.16. The number of carbonyl (C=O) groups excluding carboxylic acids is 1. The van der Waals surface area contributed by atoms with Crippen molar-refractivity contribution in [1.29, 1.82) is 0 Å². The molecule has 1 aliphatic heterocycles. The van der Waals surface area contributed by atoms with E-state index in [9.17, 15) is 4.79 Å². The van der Waals surface area contributed by atoms with Crippen LogP contribution in [0.15, 0.2) is 54.6 Å². The van der Waals surface area contributed by atoms with Gasteiger partial charge in [0.05, 0.1) is 6.54 Å². The Bertz CT molecular complexity index is 746. The van der Waals surface area contributed by atoms with Crippen molar-refractivity contribution < 1.29 is 9.53 Å². The Kier molecular flexibility index (Phi) is 6.45. The van der Waals surface area contributed by atoms with Crippen molar-refractivity contribution in [1.82, 2.24) is 10.2 Å². The minimum absolute atomic E-state index is 0.0145. The lowest BCUT2D eigenvalue weighted by molar-refractivity contribution is 0.191. The Morgan fingerprint density at radius 3 is 2.21 bits per heavy atom. The third kappa shape index (κ3) is 5.41. The third-order valence-corrected chi connectivity index (χ3v) is 5.06. The average molecular weight is 382 g/mol. The van der Waals surface area contributed by atoms with Gasteiger partial charge in [-0.1, -0.05) is 51.1 Å². The van der Waals surface area contributed by atoms with Gasteiger partial charge in [0.25, 0.3) is 0 Å². The van der Waals surface area contributed by atoms with E-state index in [2.05, 4.69) is 55.3 Å². The number of hydrogen-bond donors (Lipinski definition) is 1. The van der Waals surface area contributed by atoms with Crippen LogP contribution >= 0.6 is 0 Å². The number of ether oxygens (including phenoxy) is 1. The van der Waals surface area contributed by atoms with E-state index in [1.54, 1.807) is 0 Å². The van der Waals surface area contributed by atoms with Crippen LogP contribution in [0.2, 0.25) is 0 Å². The number of nitrogens with one attached hydrogen (secondary N) is 1. The van der Waals surface area contributed by atoms with Gasteiger partial charge in [-0.15, -0.1) is 0 Å². The molecule has 0 bridgehead atoms. The van der Waals surface area contributed by atoms with Gasteiger partial charge in [-0.3, -0.25) is 0 Å². The molecule has 2 amide bonds. The molecule has 0 aromatic heterocycles. The average Bonchev–Trinajstić information content (AvgIpc) is 2.71. The van der Waals surface area contributed by atoms with Crippen LogP contribution in [-0.2, 0) is 5.41 Å². The highest BCUT2D eigenvalue weighted by molar-refractivity contribution is 5.74. The van der Waals surface area contributed by atoms with Crippen molar-refractivity contribution in [3.8, 4) is 5.75 Å². The van der Waals surface area contributed by atoms with Crippen LogP contribution in [0.4, 0.5) is 10.5 Å². The zero-order valence-corrected chi connectivity index (χ0v) is 17.1. The van der Waals surface area contributed by atoms with Crippen molar-refractivity contribution >= 4 is 11.7 Å². The summed E-state index contributed by atoms with van der Waals surface area (Å²) >= 11 is 0. The highest BCUT2D eigenvalue weighted by atomic mass is 16.5. The predicted octanol–water partition coefficient (Wildman–Crippen LogP) is 3.89. The van der Waals surface area contributed by atoms with E-state index in [0.717, 1.165) is 31.9 Å². The molecule has 5 heteroatoms. The number of hydrogen-bond acceptors (Lipinski definition) is 3. The first-order valence-corrected chi connectivity index (χ1v) is 9.99. The molecule has 3 rings (SSSR count). The van der Waals surface area contributed by atoms with E-state index in [1.165, 1.54) is 11.3 Å². The molecule has 1 saturated heterocycles. The number of piperazine rings is 1. The maximum atomic E-state index is 12.3. The molecule has 1 aliphatic rings. The Morgan fingerprint density at radius 2 is 1.61 bits per heavy atom. The minimum atomic E-state index is -0.0145. The van der Waals surface area contributed by atoms with Crippen LogP contribution in [0.5, 0.6) is 5.75 Å². The summed E-state index contributed by atoms with van der Waals surface area (Å²) in [4.78, 5) is 16.5. The standard InChI is InChI=1S/C23H31N3O2/c1-23(2,3)19-9-11-21(12-10-19)28-18-13-24-22(27)26-16-14-25(15-17-26)20-7-5-4-6-8-20/h4-12H,13-18H2,1-3H3,(H,24,27). The van der Waals surface area contributed by atoms with E-state index < -0.39 is 0 Å². The van der Waals surface area contributed by atoms with Gasteiger partial charge in [-0.25, -0.2) is 4.79 Å². The fourth-order valence-corrected chi connectivity index (χ4v) is 3.30. The second kappa shape index (κ2) is 9.00. The number of rotatable bonds is 5. The number of amides is 2. The Balaban J connectivity index is 1.36. The lowest BCUT2D eigenvalue weighted by atomic mass is 9.87. The van der Waals surface area contributed by atoms with E-state index in [4.69, 9.17) is 4.74 Å². The van der Waals surface area contributed by atoms with Crippen LogP contribution in [-0.4, -0.2) is 50.3 Å². The van der Waals surface area contributed by atoms with Gasteiger partial charge in [0.15, 0.2) is 0 Å². The lowest BCUT2D eigenvalue weighted by Crippen LogP contribution is -2.52. The summed E-state index contributed by atoms with van der Waals surface area (Å²) in [5.41, 5.74) is 2.63. The molecule has 0 atom stereocenters. The number of para-hydroxylation sites is 1. The molecule has 2 aromatic carbocycles. The fourth-order valence-electron chi connectivity index (χ4n) is 3.30. The number of urea groups is 1. The molecule has 5 nitrogen and oxygen atoms in total. The minimum Gasteiger partial charge on any atom is -0.492 e. The van der Waals surface area contributed by atoms with Crippen molar-refractivity contribution in [2.75, 3.05) is 44.2 Å². The molecule has 1 fully saturated rings. The molecule has 0 aliphatic carbocycles. The topological polar surface area (TPSA) is 44.8 Å². The SMILES string of the molecule is CC(C)(C)c1ccc(OCCNC(=O)N2CCN(c3ccccc3)CC2)cc1. The van der Waals surface area contributed by atoms with Gasteiger partial charge in [0, 0.05) is 31.9 Å². The number of benzene rings is 2. The monoisotopic (exact) mass is 381 g/mol. The Hall–Kier alpha value is -2.69. The summed E-state index contributed by atoms with van der Waals surface area (Å²) in [5, 5.41) is 2.96. The first-order valence-electron chi connectivity index (χ1n) is 9.99. The van der Waals surface area contributed by atoms with Gasteiger partial charge >= 0.3 is 6.03 Å². The Morgan fingerprint density at radius 1 is 0.964 bits per heavy atom. The molecule has 1 N–H and O–H groups in total. The quantitative estimate of drug-likeness (QED) is 0.799. The van der Waals surface area contributed by atoms with Crippen LogP contribution in [0, 0.1) is 0 Å². The molecule has 0 spiro atoms. The van der Waals surface area contributed by atoms with E-state index in [-0.39, 0.29) is 11.4 Å². The largest absolute Gasteiger partial charge is 0.492 e. The molecule has 2 aromatic rings. The smallest absolute Gasteiger partial charge is 0.317 e. The van der Waals surface area contributed by atoms with Gasteiger partial charge in [-0.2, -0.15) is 0 Å². The normalized spacial score (nSPS) is 14.7. The summed E-state index contributed by atoms with van der Waals surface area (Å²) in [6, 6.07) is 18.5.